The van der Waals surface area contributed by atoms with Gasteiger partial charge in [-0.05, 0) is 19.9 Å². The summed E-state index contributed by atoms with van der Waals surface area (Å²) in [5.41, 5.74) is 0. The SMILES string of the molecule is CC.CCCC.CCNC(C)CC. The molecule has 0 aliphatic rings. The molecule has 0 heterocycles. The smallest absolute Gasteiger partial charge is 0.00359 e. The summed E-state index contributed by atoms with van der Waals surface area (Å²) < 4.78 is 0. The van der Waals surface area contributed by atoms with E-state index in [1.807, 2.05) is 13.8 Å². The largest absolute Gasteiger partial charge is 0.315 e. The first-order valence-electron chi connectivity index (χ1n) is 5.96. The van der Waals surface area contributed by atoms with Crippen LogP contribution in [-0.2, 0) is 0 Å². The quantitative estimate of drug-likeness (QED) is 0.698. The molecule has 1 nitrogen and oxygen atoms in total. The van der Waals surface area contributed by atoms with E-state index < -0.39 is 0 Å². The van der Waals surface area contributed by atoms with Crippen LogP contribution in [0.3, 0.4) is 0 Å². The Morgan fingerprint density at radius 3 is 1.38 bits per heavy atom. The molecular formula is C12H31N. The van der Waals surface area contributed by atoms with Gasteiger partial charge in [0.15, 0.2) is 0 Å². The number of nitrogens with one attached hydrogen (secondary N) is 1. The molecule has 1 unspecified atom stereocenters. The van der Waals surface area contributed by atoms with E-state index in [-0.39, 0.29) is 0 Å². The number of hydrogen-bond acceptors (Lipinski definition) is 1. The van der Waals surface area contributed by atoms with E-state index in [0.717, 1.165) is 6.54 Å². The zero-order valence-electron chi connectivity index (χ0n) is 10.9. The maximum absolute atomic E-state index is 3.30. The lowest BCUT2D eigenvalue weighted by Gasteiger charge is -2.06. The number of unbranched alkanes of at least 4 members (excludes halogenated alkanes) is 1. The first kappa shape index (κ1) is 18.7. The Kier molecular flexibility index (Phi) is 32.6. The van der Waals surface area contributed by atoms with Crippen LogP contribution in [0.4, 0.5) is 0 Å². The lowest BCUT2D eigenvalue weighted by Crippen LogP contribution is -2.24. The lowest BCUT2D eigenvalue weighted by atomic mass is 10.3. The van der Waals surface area contributed by atoms with Gasteiger partial charge in [0, 0.05) is 6.04 Å². The van der Waals surface area contributed by atoms with E-state index in [1.165, 1.54) is 19.3 Å². The highest BCUT2D eigenvalue weighted by molar-refractivity contribution is 4.53. The fourth-order valence-corrected chi connectivity index (χ4v) is 0.493. The Morgan fingerprint density at radius 1 is 0.923 bits per heavy atom. The summed E-state index contributed by atoms with van der Waals surface area (Å²) in [5, 5.41) is 3.30. The Hall–Kier alpha value is -0.0400. The summed E-state index contributed by atoms with van der Waals surface area (Å²) in [6.07, 6.45) is 3.87. The van der Waals surface area contributed by atoms with Crippen LogP contribution in [-0.4, -0.2) is 12.6 Å². The summed E-state index contributed by atoms with van der Waals surface area (Å²) >= 11 is 0. The summed E-state index contributed by atoms with van der Waals surface area (Å²) in [6.45, 7) is 16.0. The van der Waals surface area contributed by atoms with Gasteiger partial charge in [0.1, 0.15) is 0 Å². The molecule has 0 saturated heterocycles. The second-order valence-corrected chi connectivity index (χ2v) is 2.87. The van der Waals surface area contributed by atoms with E-state index in [1.54, 1.807) is 0 Å². The zero-order valence-corrected chi connectivity index (χ0v) is 10.9. The first-order chi connectivity index (χ1) is 6.22. The average molecular weight is 189 g/mol. The molecule has 84 valence electrons. The van der Waals surface area contributed by atoms with Crippen molar-refractivity contribution in [2.75, 3.05) is 6.54 Å². The molecule has 0 bridgehead atoms. The molecular weight excluding hydrogens is 158 g/mol. The minimum Gasteiger partial charge on any atom is -0.315 e. The van der Waals surface area contributed by atoms with Gasteiger partial charge >= 0.3 is 0 Å². The molecule has 0 fully saturated rings. The van der Waals surface area contributed by atoms with Gasteiger partial charge in [-0.15, -0.1) is 0 Å². The second kappa shape index (κ2) is 22.7. The molecule has 0 aromatic heterocycles. The van der Waals surface area contributed by atoms with E-state index in [4.69, 9.17) is 0 Å². The Balaban J connectivity index is -0.000000142. The predicted molar refractivity (Wildman–Crippen MR) is 65.4 cm³/mol. The minimum atomic E-state index is 0.699. The molecule has 13 heavy (non-hydrogen) atoms. The highest BCUT2D eigenvalue weighted by Crippen LogP contribution is 1.84. The summed E-state index contributed by atoms with van der Waals surface area (Å²) in [7, 11) is 0. The van der Waals surface area contributed by atoms with Crippen LogP contribution in [0.1, 0.15) is 67.7 Å². The third-order valence-electron chi connectivity index (χ3n) is 1.66. The van der Waals surface area contributed by atoms with Crippen LogP contribution in [0.15, 0.2) is 0 Å². The van der Waals surface area contributed by atoms with E-state index in [0.29, 0.717) is 6.04 Å². The Labute approximate surface area is 86.3 Å². The van der Waals surface area contributed by atoms with Crippen molar-refractivity contribution in [3.8, 4) is 0 Å². The molecule has 0 saturated carbocycles. The van der Waals surface area contributed by atoms with Crippen molar-refractivity contribution in [2.45, 2.75) is 73.8 Å². The summed E-state index contributed by atoms with van der Waals surface area (Å²) in [5.74, 6) is 0. The van der Waals surface area contributed by atoms with Crippen molar-refractivity contribution < 1.29 is 0 Å². The topological polar surface area (TPSA) is 12.0 Å². The molecule has 0 amide bonds. The maximum atomic E-state index is 3.30. The van der Waals surface area contributed by atoms with Gasteiger partial charge in [-0.25, -0.2) is 0 Å². The van der Waals surface area contributed by atoms with Crippen molar-refractivity contribution in [1.82, 2.24) is 5.32 Å². The van der Waals surface area contributed by atoms with Crippen LogP contribution in [0.2, 0.25) is 0 Å². The van der Waals surface area contributed by atoms with Crippen LogP contribution in [0.5, 0.6) is 0 Å². The molecule has 1 N–H and O–H groups in total. The van der Waals surface area contributed by atoms with Gasteiger partial charge in [-0.3, -0.25) is 0 Å². The fraction of sp³-hybridized carbons (Fsp3) is 1.00. The fourth-order valence-electron chi connectivity index (χ4n) is 0.493. The third kappa shape index (κ3) is 33.4. The molecule has 0 spiro atoms. The van der Waals surface area contributed by atoms with Crippen molar-refractivity contribution in [2.24, 2.45) is 0 Å². The van der Waals surface area contributed by atoms with E-state index >= 15 is 0 Å². The van der Waals surface area contributed by atoms with Gasteiger partial charge in [-0.2, -0.15) is 0 Å². The van der Waals surface area contributed by atoms with Crippen molar-refractivity contribution in [3.05, 3.63) is 0 Å². The van der Waals surface area contributed by atoms with E-state index in [9.17, 15) is 0 Å². The summed E-state index contributed by atoms with van der Waals surface area (Å²) in [4.78, 5) is 0. The molecule has 1 atom stereocenters. The molecule has 1 heteroatoms. The van der Waals surface area contributed by atoms with Gasteiger partial charge in [0.2, 0.25) is 0 Å². The Bertz CT molecular complexity index is 51.1. The van der Waals surface area contributed by atoms with Crippen LogP contribution < -0.4 is 5.32 Å². The molecule has 0 radical (unpaired) electrons. The molecule has 0 aliphatic carbocycles. The third-order valence-corrected chi connectivity index (χ3v) is 1.66. The minimum absolute atomic E-state index is 0.699. The van der Waals surface area contributed by atoms with Crippen LogP contribution in [0.25, 0.3) is 0 Å². The summed E-state index contributed by atoms with van der Waals surface area (Å²) in [6, 6.07) is 0.699. The zero-order chi connectivity index (χ0) is 11.1. The van der Waals surface area contributed by atoms with Gasteiger partial charge in [-0.1, -0.05) is 54.4 Å². The molecule has 0 rings (SSSR count). The first-order valence-corrected chi connectivity index (χ1v) is 5.96. The standard InChI is InChI=1S/C6H15N.C4H10.C2H6/c1-4-6(3)7-5-2;1-3-4-2;1-2/h6-7H,4-5H2,1-3H3;3-4H2,1-2H3;1-2H3. The van der Waals surface area contributed by atoms with Gasteiger partial charge < -0.3 is 5.32 Å². The molecule has 0 aromatic rings. The van der Waals surface area contributed by atoms with Crippen LogP contribution in [0, 0.1) is 0 Å². The van der Waals surface area contributed by atoms with Crippen LogP contribution >= 0.6 is 0 Å². The normalized spacial score (nSPS) is 10.4. The second-order valence-electron chi connectivity index (χ2n) is 2.87. The van der Waals surface area contributed by atoms with Gasteiger partial charge in [0.05, 0.1) is 0 Å². The highest BCUT2D eigenvalue weighted by atomic mass is 14.9. The van der Waals surface area contributed by atoms with Gasteiger partial charge in [0.25, 0.3) is 0 Å². The maximum Gasteiger partial charge on any atom is 0.00359 e. The average Bonchev–Trinajstić information content (AvgIpc) is 2.21. The predicted octanol–water partition coefficient (Wildman–Crippen LogP) is 4.23. The number of hydrogen-bond donors (Lipinski definition) is 1. The molecule has 0 aliphatic heterocycles. The lowest BCUT2D eigenvalue weighted by molar-refractivity contribution is 0.553. The van der Waals surface area contributed by atoms with Crippen molar-refractivity contribution >= 4 is 0 Å². The van der Waals surface area contributed by atoms with Crippen molar-refractivity contribution in [1.29, 1.82) is 0 Å². The number of rotatable bonds is 4. The van der Waals surface area contributed by atoms with E-state index in [2.05, 4.69) is 39.9 Å². The van der Waals surface area contributed by atoms with Crippen molar-refractivity contribution in [3.63, 3.8) is 0 Å². The molecule has 0 aromatic carbocycles. The highest BCUT2D eigenvalue weighted by Gasteiger charge is 1.90. The Morgan fingerprint density at radius 2 is 1.31 bits per heavy atom. The monoisotopic (exact) mass is 189 g/mol.